The highest BCUT2D eigenvalue weighted by molar-refractivity contribution is 7.05. The molecule has 0 fully saturated rings. The Balaban J connectivity index is 2.37. The lowest BCUT2D eigenvalue weighted by atomic mass is 10.2. The van der Waals surface area contributed by atoms with Gasteiger partial charge < -0.3 is 8.53 Å². The molecule has 84 valence electrons. The highest BCUT2D eigenvalue weighted by atomic mass is 28.4. The van der Waals surface area contributed by atoms with Crippen LogP contribution in [0.2, 0.25) is 26.2 Å². The maximum atomic E-state index is 6.39. The van der Waals surface area contributed by atoms with Crippen LogP contribution in [0.4, 0.5) is 0 Å². The summed E-state index contributed by atoms with van der Waals surface area (Å²) in [6, 6.07) is 4.56. The molecular formula is C12H16O2Si2. The summed E-state index contributed by atoms with van der Waals surface area (Å²) in [6.07, 6.45) is 3.65. The first-order chi connectivity index (χ1) is 7.40. The number of rotatable bonds is 0. The summed E-state index contributed by atoms with van der Waals surface area (Å²) >= 11 is 0. The Morgan fingerprint density at radius 3 is 1.69 bits per heavy atom. The van der Waals surface area contributed by atoms with Gasteiger partial charge in [-0.1, -0.05) is 0 Å². The summed E-state index contributed by atoms with van der Waals surface area (Å²) in [7, 11) is -3.33. The quantitative estimate of drug-likeness (QED) is 0.668. The largest absolute Gasteiger partial charge is 0.471 e. The predicted molar refractivity (Wildman–Crippen MR) is 71.5 cm³/mol. The van der Waals surface area contributed by atoms with Gasteiger partial charge in [0.15, 0.2) is 0 Å². The molecule has 0 N–H and O–H groups in total. The maximum absolute atomic E-state index is 6.39. The molecule has 4 heteroatoms. The normalized spacial score (nSPS) is 21.2. The van der Waals surface area contributed by atoms with Gasteiger partial charge in [-0.05, 0) is 48.7 Å². The minimum Gasteiger partial charge on any atom is -0.471 e. The van der Waals surface area contributed by atoms with Gasteiger partial charge in [0, 0.05) is 10.8 Å². The molecule has 1 aliphatic heterocycles. The van der Waals surface area contributed by atoms with Gasteiger partial charge in [-0.2, -0.15) is 0 Å². The Morgan fingerprint density at radius 2 is 1.25 bits per heavy atom. The average molecular weight is 248 g/mol. The lowest BCUT2D eigenvalue weighted by Gasteiger charge is -2.22. The molecule has 2 heterocycles. The van der Waals surface area contributed by atoms with Gasteiger partial charge in [0.05, 0.1) is 12.5 Å². The Kier molecular flexibility index (Phi) is 1.86. The molecular weight excluding hydrogens is 232 g/mol. The van der Waals surface area contributed by atoms with Gasteiger partial charge >= 0.3 is 0 Å². The molecule has 0 bridgehead atoms. The van der Waals surface area contributed by atoms with Gasteiger partial charge in [-0.25, -0.2) is 0 Å². The van der Waals surface area contributed by atoms with Crippen LogP contribution in [0.1, 0.15) is 0 Å². The second kappa shape index (κ2) is 2.88. The van der Waals surface area contributed by atoms with Crippen molar-refractivity contribution in [2.24, 2.45) is 0 Å². The molecule has 1 aliphatic rings. The van der Waals surface area contributed by atoms with Crippen LogP contribution in [-0.2, 0) is 4.12 Å². The zero-order valence-corrected chi connectivity index (χ0v) is 12.1. The molecule has 2 aromatic rings. The van der Waals surface area contributed by atoms with Crippen molar-refractivity contribution in [2.75, 3.05) is 0 Å². The van der Waals surface area contributed by atoms with Crippen molar-refractivity contribution in [1.29, 1.82) is 0 Å². The fourth-order valence-electron chi connectivity index (χ4n) is 2.76. The number of furan rings is 1. The zero-order valence-electron chi connectivity index (χ0n) is 10.1. The lowest BCUT2D eigenvalue weighted by Crippen LogP contribution is -2.43. The van der Waals surface area contributed by atoms with Crippen LogP contribution >= 0.6 is 0 Å². The van der Waals surface area contributed by atoms with E-state index in [1.807, 2.05) is 12.5 Å². The highest BCUT2D eigenvalue weighted by Gasteiger charge is 2.46. The minimum atomic E-state index is -1.67. The van der Waals surface area contributed by atoms with E-state index in [-0.39, 0.29) is 0 Å². The molecule has 3 rings (SSSR count). The van der Waals surface area contributed by atoms with Crippen LogP contribution in [0.15, 0.2) is 29.1 Å². The molecule has 0 spiro atoms. The van der Waals surface area contributed by atoms with E-state index < -0.39 is 16.6 Å². The summed E-state index contributed by atoms with van der Waals surface area (Å²) < 4.78 is 11.7. The minimum absolute atomic E-state index is 1.20. The van der Waals surface area contributed by atoms with E-state index in [1.54, 1.807) is 0 Å². The Labute approximate surface area is 97.5 Å². The molecule has 0 saturated heterocycles. The molecule has 0 aliphatic carbocycles. The number of fused-ring (bicyclic) bond motifs is 2. The van der Waals surface area contributed by atoms with E-state index in [4.69, 9.17) is 8.53 Å². The fraction of sp³-hybridized carbons (Fsp3) is 0.333. The van der Waals surface area contributed by atoms with E-state index in [2.05, 4.69) is 38.3 Å². The summed E-state index contributed by atoms with van der Waals surface area (Å²) in [5.74, 6) is 0. The lowest BCUT2D eigenvalue weighted by molar-refractivity contribution is 0.572. The van der Waals surface area contributed by atoms with E-state index in [0.29, 0.717) is 0 Å². The molecule has 0 unspecified atom stereocenters. The van der Waals surface area contributed by atoms with Crippen molar-refractivity contribution in [1.82, 2.24) is 0 Å². The number of benzene rings is 1. The van der Waals surface area contributed by atoms with E-state index in [1.165, 1.54) is 21.1 Å². The van der Waals surface area contributed by atoms with Gasteiger partial charge in [-0.3, -0.25) is 0 Å². The van der Waals surface area contributed by atoms with Gasteiger partial charge in [-0.15, -0.1) is 0 Å². The molecule has 16 heavy (non-hydrogen) atoms. The molecule has 0 radical (unpaired) electrons. The van der Waals surface area contributed by atoms with Gasteiger partial charge in [0.1, 0.15) is 0 Å². The predicted octanol–water partition coefficient (Wildman–Crippen LogP) is 2.29. The van der Waals surface area contributed by atoms with E-state index >= 15 is 0 Å². The van der Waals surface area contributed by atoms with Crippen molar-refractivity contribution < 1.29 is 8.53 Å². The van der Waals surface area contributed by atoms with Gasteiger partial charge in [0.2, 0.25) is 16.6 Å². The second-order valence-corrected chi connectivity index (χ2v) is 13.5. The topological polar surface area (TPSA) is 22.4 Å². The third-order valence-electron chi connectivity index (χ3n) is 3.42. The summed E-state index contributed by atoms with van der Waals surface area (Å²) in [5, 5.41) is 5.35. The number of hydrogen-bond acceptors (Lipinski definition) is 2. The fourth-order valence-corrected chi connectivity index (χ4v) is 13.0. The average Bonchev–Trinajstić information content (AvgIpc) is 2.66. The Morgan fingerprint density at radius 1 is 0.812 bits per heavy atom. The smallest absolute Gasteiger partial charge is 0.206 e. The van der Waals surface area contributed by atoms with Crippen LogP contribution in [-0.4, -0.2) is 16.6 Å². The SMILES string of the molecule is C[Si]1(C)O[Si](C)(C)c2cc3cocc3cc21. The van der Waals surface area contributed by atoms with Crippen LogP contribution in [0, 0.1) is 0 Å². The highest BCUT2D eigenvalue weighted by Crippen LogP contribution is 2.24. The van der Waals surface area contributed by atoms with Crippen molar-refractivity contribution in [2.45, 2.75) is 26.2 Å². The summed E-state index contributed by atoms with van der Waals surface area (Å²) in [5.41, 5.74) is 0. The number of hydrogen-bond donors (Lipinski definition) is 0. The standard InChI is InChI=1S/C12H16O2Si2/c1-15(2)11-5-9-7-13-8-10(9)6-12(11)16(3,4)14-15/h5-8H,1-4H3. The summed E-state index contributed by atoms with van der Waals surface area (Å²) in [4.78, 5) is 0. The first-order valence-electron chi connectivity index (χ1n) is 5.61. The zero-order chi connectivity index (χ0) is 11.6. The van der Waals surface area contributed by atoms with Gasteiger partial charge in [0.25, 0.3) is 0 Å². The van der Waals surface area contributed by atoms with E-state index in [9.17, 15) is 0 Å². The molecule has 2 nitrogen and oxygen atoms in total. The molecule has 0 amide bonds. The molecule has 1 aromatic heterocycles. The summed E-state index contributed by atoms with van der Waals surface area (Å²) in [6.45, 7) is 9.16. The second-order valence-electron chi connectivity index (χ2n) is 5.52. The molecule has 1 aromatic carbocycles. The van der Waals surface area contributed by atoms with Crippen LogP contribution in [0.25, 0.3) is 10.8 Å². The maximum Gasteiger partial charge on any atom is 0.206 e. The Bertz CT molecular complexity index is 521. The van der Waals surface area contributed by atoms with Crippen molar-refractivity contribution in [3.63, 3.8) is 0 Å². The van der Waals surface area contributed by atoms with Crippen molar-refractivity contribution in [3.05, 3.63) is 24.7 Å². The molecule has 0 atom stereocenters. The van der Waals surface area contributed by atoms with Crippen molar-refractivity contribution in [3.8, 4) is 0 Å². The monoisotopic (exact) mass is 248 g/mol. The first kappa shape index (κ1) is 10.3. The Hall–Kier alpha value is -0.846. The van der Waals surface area contributed by atoms with E-state index in [0.717, 1.165) is 0 Å². The van der Waals surface area contributed by atoms with Crippen LogP contribution < -0.4 is 10.4 Å². The molecule has 0 saturated carbocycles. The van der Waals surface area contributed by atoms with Crippen molar-refractivity contribution >= 4 is 37.8 Å². The third-order valence-corrected chi connectivity index (χ3v) is 11.2. The first-order valence-corrected chi connectivity index (χ1v) is 11.4. The third kappa shape index (κ3) is 1.27. The van der Waals surface area contributed by atoms with Crippen LogP contribution in [0.5, 0.6) is 0 Å². The van der Waals surface area contributed by atoms with Crippen LogP contribution in [0.3, 0.4) is 0 Å².